The van der Waals surface area contributed by atoms with E-state index in [1.54, 1.807) is 12.1 Å². The number of halogens is 1. The molecule has 2 rings (SSSR count). The van der Waals surface area contributed by atoms with Crippen LogP contribution in [0.15, 0.2) is 12.1 Å². The Hall–Kier alpha value is -1.60. The van der Waals surface area contributed by atoms with Crippen molar-refractivity contribution in [3.05, 3.63) is 21.3 Å². The van der Waals surface area contributed by atoms with E-state index in [4.69, 9.17) is 16.7 Å². The third-order valence-corrected chi connectivity index (χ3v) is 4.09. The van der Waals surface area contributed by atoms with Crippen molar-refractivity contribution < 1.29 is 19.5 Å². The van der Waals surface area contributed by atoms with E-state index in [0.29, 0.717) is 14.1 Å². The summed E-state index contributed by atoms with van der Waals surface area (Å²) in [6.07, 6.45) is 0. The summed E-state index contributed by atoms with van der Waals surface area (Å²) in [6.45, 7) is 0.872. The van der Waals surface area contributed by atoms with Gasteiger partial charge in [0.25, 0.3) is 5.91 Å². The number of urea groups is 1. The van der Waals surface area contributed by atoms with Crippen LogP contribution in [0.3, 0.4) is 0 Å². The van der Waals surface area contributed by atoms with E-state index in [0.717, 1.165) is 0 Å². The molecule has 1 aliphatic heterocycles. The zero-order chi connectivity index (χ0) is 13.5. The van der Waals surface area contributed by atoms with Gasteiger partial charge in [-0.3, -0.25) is 14.5 Å². The Morgan fingerprint density at radius 1 is 1.56 bits per heavy atom. The van der Waals surface area contributed by atoms with Crippen molar-refractivity contribution in [2.24, 2.45) is 0 Å². The number of rotatable bonds is 3. The first-order valence-electron chi connectivity index (χ1n) is 4.96. The molecule has 1 unspecified atom stereocenters. The van der Waals surface area contributed by atoms with Crippen LogP contribution < -0.4 is 5.32 Å². The second-order valence-electron chi connectivity index (χ2n) is 3.94. The molecule has 18 heavy (non-hydrogen) atoms. The monoisotopic (exact) mass is 288 g/mol. The van der Waals surface area contributed by atoms with Gasteiger partial charge in [-0.05, 0) is 19.1 Å². The Labute approximate surface area is 111 Å². The van der Waals surface area contributed by atoms with Crippen LogP contribution in [0.5, 0.6) is 0 Å². The maximum absolute atomic E-state index is 12.1. The molecule has 0 saturated carbocycles. The molecular weight excluding hydrogens is 280 g/mol. The molecule has 96 valence electrons. The summed E-state index contributed by atoms with van der Waals surface area (Å²) in [7, 11) is 0. The Bertz CT molecular complexity index is 544. The molecule has 1 fully saturated rings. The largest absolute Gasteiger partial charge is 0.480 e. The minimum atomic E-state index is -1.25. The Morgan fingerprint density at radius 3 is 2.72 bits per heavy atom. The van der Waals surface area contributed by atoms with Crippen molar-refractivity contribution in [2.45, 2.75) is 12.5 Å². The van der Waals surface area contributed by atoms with Crippen LogP contribution in [0.1, 0.15) is 11.8 Å². The molecule has 1 aliphatic rings. The average Bonchev–Trinajstić information content (AvgIpc) is 2.78. The Kier molecular flexibility index (Phi) is 3.04. The highest BCUT2D eigenvalue weighted by molar-refractivity contribution is 7.16. The van der Waals surface area contributed by atoms with E-state index in [9.17, 15) is 14.4 Å². The van der Waals surface area contributed by atoms with Gasteiger partial charge in [0.15, 0.2) is 5.54 Å². The van der Waals surface area contributed by atoms with Crippen LogP contribution in [0.2, 0.25) is 4.34 Å². The molecule has 1 aromatic heterocycles. The number of amides is 3. The van der Waals surface area contributed by atoms with Gasteiger partial charge in [0.2, 0.25) is 0 Å². The highest BCUT2D eigenvalue weighted by Gasteiger charge is 2.50. The van der Waals surface area contributed by atoms with Gasteiger partial charge in [-0.25, -0.2) is 4.79 Å². The summed E-state index contributed by atoms with van der Waals surface area (Å²) < 4.78 is 0.491. The van der Waals surface area contributed by atoms with E-state index in [1.165, 1.54) is 18.3 Å². The molecule has 8 heteroatoms. The predicted octanol–water partition coefficient (Wildman–Crippen LogP) is 1.25. The lowest BCUT2D eigenvalue weighted by molar-refractivity contribution is -0.142. The number of hydrogen-bond acceptors (Lipinski definition) is 4. The predicted molar refractivity (Wildman–Crippen MR) is 64.6 cm³/mol. The Balaban J connectivity index is 2.34. The maximum atomic E-state index is 12.1. The van der Waals surface area contributed by atoms with Crippen LogP contribution in [-0.4, -0.2) is 34.5 Å². The molecule has 1 saturated heterocycles. The van der Waals surface area contributed by atoms with E-state index in [-0.39, 0.29) is 0 Å². The lowest BCUT2D eigenvalue weighted by Crippen LogP contribution is -2.40. The summed E-state index contributed by atoms with van der Waals surface area (Å²) in [6, 6.07) is 2.54. The highest BCUT2D eigenvalue weighted by Crippen LogP contribution is 2.35. The lowest BCUT2D eigenvalue weighted by Gasteiger charge is -2.19. The number of carboxylic acids is 1. The standard InChI is InChI=1S/C10H9ClN2O4S/c1-10(5-2-3-6(11)18-5)8(16)13(4-7(14)15)9(17)12-10/h2-3H,4H2,1H3,(H,12,17)(H,14,15). The topological polar surface area (TPSA) is 86.7 Å². The zero-order valence-electron chi connectivity index (χ0n) is 9.27. The van der Waals surface area contributed by atoms with Crippen LogP contribution >= 0.6 is 22.9 Å². The van der Waals surface area contributed by atoms with Crippen molar-refractivity contribution in [3.8, 4) is 0 Å². The fourth-order valence-electron chi connectivity index (χ4n) is 1.73. The van der Waals surface area contributed by atoms with Crippen molar-refractivity contribution in [3.63, 3.8) is 0 Å². The summed E-state index contributed by atoms with van der Waals surface area (Å²) in [4.78, 5) is 35.6. The van der Waals surface area contributed by atoms with Crippen molar-refractivity contribution in [1.29, 1.82) is 0 Å². The number of nitrogens with zero attached hydrogens (tertiary/aromatic N) is 1. The minimum Gasteiger partial charge on any atom is -0.480 e. The maximum Gasteiger partial charge on any atom is 0.325 e. The molecule has 0 bridgehead atoms. The summed E-state index contributed by atoms with van der Waals surface area (Å²) in [5.41, 5.74) is -1.25. The number of aliphatic carboxylic acids is 1. The third kappa shape index (κ3) is 1.95. The van der Waals surface area contributed by atoms with Gasteiger partial charge in [0.05, 0.1) is 4.34 Å². The number of thiophene rings is 1. The van der Waals surface area contributed by atoms with E-state index in [1.807, 2.05) is 0 Å². The first-order valence-corrected chi connectivity index (χ1v) is 6.16. The van der Waals surface area contributed by atoms with Crippen molar-refractivity contribution >= 4 is 40.8 Å². The van der Waals surface area contributed by atoms with E-state index >= 15 is 0 Å². The molecule has 2 heterocycles. The summed E-state index contributed by atoms with van der Waals surface area (Å²) in [5, 5.41) is 11.2. The minimum absolute atomic E-state index is 0.491. The van der Waals surface area contributed by atoms with E-state index in [2.05, 4.69) is 5.32 Å². The van der Waals surface area contributed by atoms with Gasteiger partial charge in [-0.2, -0.15) is 0 Å². The molecule has 0 spiro atoms. The molecule has 0 aromatic carbocycles. The smallest absolute Gasteiger partial charge is 0.325 e. The molecule has 1 atom stereocenters. The van der Waals surface area contributed by atoms with Crippen LogP contribution in [0.25, 0.3) is 0 Å². The van der Waals surface area contributed by atoms with Crippen LogP contribution in [0, 0.1) is 0 Å². The van der Waals surface area contributed by atoms with Gasteiger partial charge in [0, 0.05) is 4.88 Å². The Morgan fingerprint density at radius 2 is 2.22 bits per heavy atom. The molecule has 2 N–H and O–H groups in total. The van der Waals surface area contributed by atoms with Crippen molar-refractivity contribution in [2.75, 3.05) is 6.54 Å². The second kappa shape index (κ2) is 4.25. The van der Waals surface area contributed by atoms with Gasteiger partial charge < -0.3 is 10.4 Å². The lowest BCUT2D eigenvalue weighted by atomic mass is 10.0. The highest BCUT2D eigenvalue weighted by atomic mass is 35.5. The van der Waals surface area contributed by atoms with Gasteiger partial charge in [-0.15, -0.1) is 11.3 Å². The van der Waals surface area contributed by atoms with Crippen LogP contribution in [0.4, 0.5) is 4.79 Å². The van der Waals surface area contributed by atoms with Gasteiger partial charge >= 0.3 is 12.0 Å². The number of imide groups is 1. The molecule has 0 aliphatic carbocycles. The number of hydrogen-bond donors (Lipinski definition) is 2. The molecule has 6 nitrogen and oxygen atoms in total. The van der Waals surface area contributed by atoms with Gasteiger partial charge in [-0.1, -0.05) is 11.6 Å². The number of carbonyl (C=O) groups is 3. The van der Waals surface area contributed by atoms with E-state index < -0.39 is 30.0 Å². The molecular formula is C10H9ClN2O4S. The SMILES string of the molecule is CC1(c2ccc(Cl)s2)NC(=O)N(CC(=O)O)C1=O. The first kappa shape index (κ1) is 12.8. The summed E-state index contributed by atoms with van der Waals surface area (Å²) in [5.74, 6) is -1.83. The number of carboxylic acid groups (broad SMARTS) is 1. The van der Waals surface area contributed by atoms with Crippen LogP contribution in [-0.2, 0) is 15.1 Å². The molecule has 1 aromatic rings. The number of carbonyl (C=O) groups excluding carboxylic acids is 2. The van der Waals surface area contributed by atoms with Crippen molar-refractivity contribution in [1.82, 2.24) is 10.2 Å². The molecule has 0 radical (unpaired) electrons. The third-order valence-electron chi connectivity index (χ3n) is 2.63. The first-order chi connectivity index (χ1) is 8.34. The second-order valence-corrected chi connectivity index (χ2v) is 5.66. The van der Waals surface area contributed by atoms with Gasteiger partial charge in [0.1, 0.15) is 6.54 Å². The fourth-order valence-corrected chi connectivity index (χ4v) is 2.86. The quantitative estimate of drug-likeness (QED) is 0.820. The zero-order valence-corrected chi connectivity index (χ0v) is 10.8. The summed E-state index contributed by atoms with van der Waals surface area (Å²) >= 11 is 6.96. The fraction of sp³-hybridized carbons (Fsp3) is 0.300. The number of nitrogens with one attached hydrogen (secondary N) is 1. The average molecular weight is 289 g/mol. The normalized spacial score (nSPS) is 23.3. The molecule has 3 amide bonds.